The molecule has 0 aliphatic carbocycles. The van der Waals surface area contributed by atoms with Crippen LogP contribution in [0.2, 0.25) is 0 Å². The number of hydrogen-bond donors (Lipinski definition) is 1. The van der Waals surface area contributed by atoms with Crippen molar-refractivity contribution in [3.8, 4) is 11.5 Å². The Morgan fingerprint density at radius 3 is 2.67 bits per heavy atom. The first-order valence-corrected chi connectivity index (χ1v) is 5.88. The molecule has 21 heavy (non-hydrogen) atoms. The Bertz CT molecular complexity index is 702. The third-order valence-electron chi connectivity index (χ3n) is 2.61. The monoisotopic (exact) mass is 291 g/mol. The number of aliphatic carboxylic acids is 1. The van der Waals surface area contributed by atoms with Crippen LogP contribution in [0, 0.1) is 15.9 Å². The number of ether oxygens (including phenoxy) is 1. The summed E-state index contributed by atoms with van der Waals surface area (Å²) in [6, 6.07) is 9.15. The van der Waals surface area contributed by atoms with Gasteiger partial charge in [-0.15, -0.1) is 0 Å². The van der Waals surface area contributed by atoms with Gasteiger partial charge in [0.1, 0.15) is 17.3 Å². The Kier molecular flexibility index (Phi) is 4.13. The summed E-state index contributed by atoms with van der Waals surface area (Å²) in [5.41, 5.74) is -0.0578. The molecule has 2 aromatic carbocycles. The molecule has 1 N–H and O–H groups in total. The highest BCUT2D eigenvalue weighted by molar-refractivity contribution is 5.71. The summed E-state index contributed by atoms with van der Waals surface area (Å²) < 4.78 is 18.7. The molecule has 0 radical (unpaired) electrons. The number of halogens is 1. The zero-order valence-corrected chi connectivity index (χ0v) is 10.7. The lowest BCUT2D eigenvalue weighted by atomic mass is 10.1. The Hall–Kier alpha value is -2.96. The number of hydrogen-bond acceptors (Lipinski definition) is 4. The number of nitrogens with zero attached hydrogens (tertiary/aromatic N) is 1. The van der Waals surface area contributed by atoms with Gasteiger partial charge in [0.15, 0.2) is 0 Å². The summed E-state index contributed by atoms with van der Waals surface area (Å²) in [6.45, 7) is 0. The van der Waals surface area contributed by atoms with Crippen molar-refractivity contribution < 1.29 is 24.0 Å². The predicted molar refractivity (Wildman–Crippen MR) is 70.9 cm³/mol. The van der Waals surface area contributed by atoms with Gasteiger partial charge in [-0.05, 0) is 6.07 Å². The van der Waals surface area contributed by atoms with Crippen molar-refractivity contribution in [3.05, 3.63) is 64.0 Å². The highest BCUT2D eigenvalue weighted by Gasteiger charge is 2.13. The maximum atomic E-state index is 13.3. The molecular weight excluding hydrogens is 281 g/mol. The molecule has 0 aromatic heterocycles. The number of nitro benzene ring substituents is 1. The summed E-state index contributed by atoms with van der Waals surface area (Å²) in [5.74, 6) is -1.72. The quantitative estimate of drug-likeness (QED) is 0.675. The molecular formula is C14H10FNO5. The van der Waals surface area contributed by atoms with E-state index in [9.17, 15) is 19.3 Å². The van der Waals surface area contributed by atoms with E-state index in [1.54, 1.807) is 18.2 Å². The first kappa shape index (κ1) is 14.4. The standard InChI is InChI=1S/C14H10FNO5/c15-10-6-11(16(19)20)8-12(7-10)21-13-4-2-1-3-9(13)5-14(17)18/h1-4,6-8H,5H2,(H,17,18). The SMILES string of the molecule is O=C(O)Cc1ccccc1Oc1cc(F)cc([N+](=O)[O-])c1. The van der Waals surface area contributed by atoms with Crippen LogP contribution in [0.4, 0.5) is 10.1 Å². The fourth-order valence-corrected chi connectivity index (χ4v) is 1.75. The molecule has 108 valence electrons. The molecule has 0 heterocycles. The molecule has 0 spiro atoms. The van der Waals surface area contributed by atoms with E-state index < -0.39 is 22.4 Å². The number of rotatable bonds is 5. The van der Waals surface area contributed by atoms with Gasteiger partial charge in [0, 0.05) is 11.6 Å². The molecule has 7 heteroatoms. The lowest BCUT2D eigenvalue weighted by Crippen LogP contribution is -2.02. The molecule has 0 amide bonds. The van der Waals surface area contributed by atoms with Crippen molar-refractivity contribution in [2.75, 3.05) is 0 Å². The van der Waals surface area contributed by atoms with Gasteiger partial charge in [0.05, 0.1) is 23.5 Å². The fourth-order valence-electron chi connectivity index (χ4n) is 1.75. The van der Waals surface area contributed by atoms with Crippen molar-refractivity contribution in [2.45, 2.75) is 6.42 Å². The van der Waals surface area contributed by atoms with Crippen molar-refractivity contribution in [1.82, 2.24) is 0 Å². The van der Waals surface area contributed by atoms with Crippen LogP contribution < -0.4 is 4.74 Å². The topological polar surface area (TPSA) is 89.7 Å². The lowest BCUT2D eigenvalue weighted by molar-refractivity contribution is -0.385. The number of non-ortho nitro benzene ring substituents is 1. The van der Waals surface area contributed by atoms with Crippen molar-refractivity contribution in [3.63, 3.8) is 0 Å². The van der Waals surface area contributed by atoms with E-state index in [0.717, 1.165) is 18.2 Å². The number of nitro groups is 1. The van der Waals surface area contributed by atoms with E-state index in [-0.39, 0.29) is 17.9 Å². The Balaban J connectivity index is 2.34. The molecule has 0 aliphatic rings. The van der Waals surface area contributed by atoms with E-state index >= 15 is 0 Å². The second-order valence-corrected chi connectivity index (χ2v) is 4.18. The molecule has 0 unspecified atom stereocenters. The number of carboxylic acid groups (broad SMARTS) is 1. The molecule has 0 aliphatic heterocycles. The van der Waals surface area contributed by atoms with E-state index in [1.807, 2.05) is 0 Å². The minimum Gasteiger partial charge on any atom is -0.481 e. The Labute approximate surface area is 118 Å². The van der Waals surface area contributed by atoms with E-state index in [0.29, 0.717) is 5.56 Å². The summed E-state index contributed by atoms with van der Waals surface area (Å²) >= 11 is 0. The number of benzene rings is 2. The first-order chi connectivity index (χ1) is 9.95. The summed E-state index contributed by atoms with van der Waals surface area (Å²) in [4.78, 5) is 20.7. The van der Waals surface area contributed by atoms with Gasteiger partial charge in [-0.25, -0.2) is 4.39 Å². The molecule has 0 saturated heterocycles. The molecule has 0 atom stereocenters. The van der Waals surface area contributed by atoms with Crippen LogP contribution in [0.1, 0.15) is 5.56 Å². The summed E-state index contributed by atoms with van der Waals surface area (Å²) in [7, 11) is 0. The Morgan fingerprint density at radius 2 is 2.00 bits per heavy atom. The minimum absolute atomic E-state index is 0.0699. The van der Waals surface area contributed by atoms with Gasteiger partial charge in [0.2, 0.25) is 0 Å². The first-order valence-electron chi connectivity index (χ1n) is 5.88. The average molecular weight is 291 g/mol. The molecule has 0 bridgehead atoms. The highest BCUT2D eigenvalue weighted by Crippen LogP contribution is 2.29. The van der Waals surface area contributed by atoms with Gasteiger partial charge >= 0.3 is 5.97 Å². The summed E-state index contributed by atoms with van der Waals surface area (Å²) in [6.07, 6.45) is -0.270. The van der Waals surface area contributed by atoms with E-state index in [1.165, 1.54) is 6.07 Å². The largest absolute Gasteiger partial charge is 0.481 e. The lowest BCUT2D eigenvalue weighted by Gasteiger charge is -2.09. The van der Waals surface area contributed by atoms with Crippen LogP contribution in [0.25, 0.3) is 0 Å². The molecule has 2 aromatic rings. The molecule has 0 fully saturated rings. The fraction of sp³-hybridized carbons (Fsp3) is 0.0714. The molecule has 0 saturated carbocycles. The Morgan fingerprint density at radius 1 is 1.29 bits per heavy atom. The number of carboxylic acids is 1. The van der Waals surface area contributed by atoms with Crippen LogP contribution in [-0.2, 0) is 11.2 Å². The van der Waals surface area contributed by atoms with Gasteiger partial charge in [-0.3, -0.25) is 14.9 Å². The van der Waals surface area contributed by atoms with Crippen molar-refractivity contribution in [2.24, 2.45) is 0 Å². The normalized spacial score (nSPS) is 10.1. The predicted octanol–water partition coefficient (Wildman–Crippen LogP) is 3.15. The minimum atomic E-state index is -1.05. The maximum absolute atomic E-state index is 13.3. The van der Waals surface area contributed by atoms with Crippen molar-refractivity contribution in [1.29, 1.82) is 0 Å². The zero-order valence-electron chi connectivity index (χ0n) is 10.7. The van der Waals surface area contributed by atoms with Crippen LogP contribution in [-0.4, -0.2) is 16.0 Å². The van der Waals surface area contributed by atoms with Gasteiger partial charge < -0.3 is 9.84 Å². The highest BCUT2D eigenvalue weighted by atomic mass is 19.1. The van der Waals surface area contributed by atoms with Gasteiger partial charge in [-0.1, -0.05) is 18.2 Å². The molecule has 6 nitrogen and oxygen atoms in total. The van der Waals surface area contributed by atoms with Crippen LogP contribution in [0.5, 0.6) is 11.5 Å². The number of para-hydroxylation sites is 1. The smallest absolute Gasteiger partial charge is 0.307 e. The van der Waals surface area contributed by atoms with E-state index in [2.05, 4.69) is 0 Å². The van der Waals surface area contributed by atoms with Crippen LogP contribution >= 0.6 is 0 Å². The van der Waals surface area contributed by atoms with Crippen molar-refractivity contribution >= 4 is 11.7 Å². The van der Waals surface area contributed by atoms with Gasteiger partial charge in [-0.2, -0.15) is 0 Å². The maximum Gasteiger partial charge on any atom is 0.307 e. The van der Waals surface area contributed by atoms with Gasteiger partial charge in [0.25, 0.3) is 5.69 Å². The average Bonchev–Trinajstić information content (AvgIpc) is 2.39. The third kappa shape index (κ3) is 3.75. The molecule has 2 rings (SSSR count). The second kappa shape index (κ2) is 6.00. The van der Waals surface area contributed by atoms with Crippen LogP contribution in [0.3, 0.4) is 0 Å². The summed E-state index contributed by atoms with van der Waals surface area (Å²) in [5, 5.41) is 19.5. The number of carbonyl (C=O) groups is 1. The second-order valence-electron chi connectivity index (χ2n) is 4.18. The zero-order chi connectivity index (χ0) is 15.4. The van der Waals surface area contributed by atoms with E-state index in [4.69, 9.17) is 9.84 Å². The third-order valence-corrected chi connectivity index (χ3v) is 2.61. The van der Waals surface area contributed by atoms with Crippen LogP contribution in [0.15, 0.2) is 42.5 Å².